The van der Waals surface area contributed by atoms with E-state index in [0.717, 1.165) is 11.5 Å². The van der Waals surface area contributed by atoms with E-state index in [1.54, 1.807) is 11.8 Å². The Morgan fingerprint density at radius 2 is 1.77 bits per heavy atom. The molecule has 9 nitrogen and oxygen atoms in total. The van der Waals surface area contributed by atoms with Crippen molar-refractivity contribution in [1.82, 2.24) is 24.4 Å². The van der Waals surface area contributed by atoms with E-state index in [1.165, 1.54) is 49.1 Å². The van der Waals surface area contributed by atoms with E-state index in [1.807, 2.05) is 13.0 Å². The third-order valence-corrected chi connectivity index (χ3v) is 6.06. The molecule has 1 amide bonds. The Bertz CT molecular complexity index is 976. The van der Waals surface area contributed by atoms with Crippen LogP contribution in [0.1, 0.15) is 43.5 Å². The third-order valence-electron chi connectivity index (χ3n) is 6.06. The highest BCUT2D eigenvalue weighted by Gasteiger charge is 2.23. The average molecular weight is 426 g/mol. The minimum Gasteiger partial charge on any atom is -0.353 e. The highest BCUT2D eigenvalue weighted by Crippen LogP contribution is 2.22. The van der Waals surface area contributed by atoms with Gasteiger partial charge in [0.05, 0.1) is 6.33 Å². The number of rotatable bonds is 5. The smallest absolute Gasteiger partial charge is 0.253 e. The summed E-state index contributed by atoms with van der Waals surface area (Å²) in [4.78, 5) is 42.1. The Labute approximate surface area is 182 Å². The number of nitrogens with one attached hydrogen (secondary N) is 1. The van der Waals surface area contributed by atoms with Crippen LogP contribution in [-0.4, -0.2) is 62.5 Å². The molecule has 31 heavy (non-hydrogen) atoms. The van der Waals surface area contributed by atoms with E-state index in [2.05, 4.69) is 20.2 Å². The number of aromatic nitrogens is 4. The number of hydrogen-bond donors (Lipinski definition) is 1. The number of piperazine rings is 1. The molecule has 0 aromatic carbocycles. The van der Waals surface area contributed by atoms with Crippen LogP contribution in [0.15, 0.2) is 23.3 Å². The molecule has 2 fully saturated rings. The fourth-order valence-corrected chi connectivity index (χ4v) is 4.27. The molecule has 2 aromatic rings. The van der Waals surface area contributed by atoms with Crippen molar-refractivity contribution in [2.75, 3.05) is 36.4 Å². The first-order valence-corrected chi connectivity index (χ1v) is 11.2. The van der Waals surface area contributed by atoms with Crippen molar-refractivity contribution >= 4 is 17.7 Å². The molecule has 1 aliphatic carbocycles. The van der Waals surface area contributed by atoms with Gasteiger partial charge in [-0.3, -0.25) is 14.2 Å². The summed E-state index contributed by atoms with van der Waals surface area (Å²) in [5, 5.41) is 3.51. The number of hydrogen-bond acceptors (Lipinski definition) is 7. The van der Waals surface area contributed by atoms with Crippen molar-refractivity contribution in [2.45, 2.75) is 58.5 Å². The van der Waals surface area contributed by atoms with Crippen molar-refractivity contribution in [3.63, 3.8) is 0 Å². The number of nitrogens with zero attached hydrogens (tertiary/aromatic N) is 6. The first-order valence-electron chi connectivity index (χ1n) is 11.2. The largest absolute Gasteiger partial charge is 0.353 e. The summed E-state index contributed by atoms with van der Waals surface area (Å²) in [7, 11) is 0. The van der Waals surface area contributed by atoms with Crippen LogP contribution in [0.3, 0.4) is 0 Å². The summed E-state index contributed by atoms with van der Waals surface area (Å²) in [5.41, 5.74) is 1.39. The predicted molar refractivity (Wildman–Crippen MR) is 119 cm³/mol. The van der Waals surface area contributed by atoms with Crippen LogP contribution in [0.25, 0.3) is 0 Å². The van der Waals surface area contributed by atoms with E-state index in [4.69, 9.17) is 4.98 Å². The summed E-state index contributed by atoms with van der Waals surface area (Å²) >= 11 is 0. The van der Waals surface area contributed by atoms with Crippen LogP contribution in [0.2, 0.25) is 0 Å². The first-order chi connectivity index (χ1) is 15.0. The van der Waals surface area contributed by atoms with Crippen molar-refractivity contribution in [3.8, 4) is 0 Å². The lowest BCUT2D eigenvalue weighted by Crippen LogP contribution is -2.50. The summed E-state index contributed by atoms with van der Waals surface area (Å²) in [6.07, 6.45) is 7.63. The van der Waals surface area contributed by atoms with Crippen molar-refractivity contribution in [2.24, 2.45) is 0 Å². The van der Waals surface area contributed by atoms with Gasteiger partial charge in [0.15, 0.2) is 0 Å². The molecule has 2 aliphatic rings. The van der Waals surface area contributed by atoms with Gasteiger partial charge in [-0.1, -0.05) is 19.3 Å². The summed E-state index contributed by atoms with van der Waals surface area (Å²) in [5.74, 6) is 1.54. The van der Waals surface area contributed by atoms with Crippen LogP contribution in [0.5, 0.6) is 0 Å². The van der Waals surface area contributed by atoms with Gasteiger partial charge < -0.3 is 15.1 Å². The van der Waals surface area contributed by atoms with Gasteiger partial charge in [-0.15, -0.1) is 0 Å². The molecule has 166 valence electrons. The lowest BCUT2D eigenvalue weighted by molar-refractivity contribution is -0.132. The molecule has 0 unspecified atom stereocenters. The molecular weight excluding hydrogens is 394 g/mol. The second kappa shape index (κ2) is 9.45. The van der Waals surface area contributed by atoms with E-state index < -0.39 is 0 Å². The Kier molecular flexibility index (Phi) is 6.48. The summed E-state index contributed by atoms with van der Waals surface area (Å²) in [6.45, 7) is 6.37. The van der Waals surface area contributed by atoms with Gasteiger partial charge in [-0.05, 0) is 26.7 Å². The zero-order valence-electron chi connectivity index (χ0n) is 18.4. The highest BCUT2D eigenvalue weighted by atomic mass is 16.2. The van der Waals surface area contributed by atoms with Crippen LogP contribution in [0.4, 0.5) is 11.8 Å². The third kappa shape index (κ3) is 5.39. The lowest BCUT2D eigenvalue weighted by atomic mass is 9.96. The Morgan fingerprint density at radius 1 is 1.03 bits per heavy atom. The summed E-state index contributed by atoms with van der Waals surface area (Å²) < 4.78 is 1.36. The second-order valence-electron chi connectivity index (χ2n) is 8.53. The van der Waals surface area contributed by atoms with Crippen LogP contribution < -0.4 is 15.8 Å². The number of amides is 1. The Hall–Kier alpha value is -2.97. The molecule has 0 atom stereocenters. The minimum atomic E-state index is -0.200. The maximum absolute atomic E-state index is 12.7. The number of anilines is 2. The summed E-state index contributed by atoms with van der Waals surface area (Å²) in [6, 6.07) is 3.90. The maximum Gasteiger partial charge on any atom is 0.253 e. The van der Waals surface area contributed by atoms with Crippen LogP contribution >= 0.6 is 0 Å². The van der Waals surface area contributed by atoms with Gasteiger partial charge in [0.2, 0.25) is 11.9 Å². The van der Waals surface area contributed by atoms with E-state index in [-0.39, 0.29) is 18.0 Å². The maximum atomic E-state index is 12.7. The zero-order chi connectivity index (χ0) is 21.8. The fourth-order valence-electron chi connectivity index (χ4n) is 4.27. The molecule has 2 aromatic heterocycles. The Balaban J connectivity index is 1.35. The molecule has 0 bridgehead atoms. The van der Waals surface area contributed by atoms with Gasteiger partial charge in [0, 0.05) is 55.7 Å². The highest BCUT2D eigenvalue weighted by molar-refractivity contribution is 5.76. The van der Waals surface area contributed by atoms with Gasteiger partial charge >= 0.3 is 0 Å². The number of carbonyl (C=O) groups is 1. The average Bonchev–Trinajstić information content (AvgIpc) is 2.76. The van der Waals surface area contributed by atoms with Gasteiger partial charge in [-0.25, -0.2) is 9.97 Å². The molecular formula is C22H31N7O2. The molecule has 0 radical (unpaired) electrons. The van der Waals surface area contributed by atoms with Gasteiger partial charge in [0.25, 0.3) is 5.56 Å². The van der Waals surface area contributed by atoms with E-state index in [9.17, 15) is 9.59 Å². The van der Waals surface area contributed by atoms with E-state index in [0.29, 0.717) is 43.9 Å². The number of aryl methyl sites for hydroxylation is 2. The van der Waals surface area contributed by atoms with Crippen LogP contribution in [0, 0.1) is 13.8 Å². The van der Waals surface area contributed by atoms with Crippen molar-refractivity contribution < 1.29 is 4.79 Å². The second-order valence-corrected chi connectivity index (χ2v) is 8.53. The SMILES string of the molecule is Cc1cc(=O)n(CC(=O)N2CCN(c3cc(C)nc(NC4CCCCC4)n3)CC2)cn1. The fraction of sp³-hybridized carbons (Fsp3) is 0.591. The van der Waals surface area contributed by atoms with Crippen LogP contribution in [-0.2, 0) is 11.3 Å². The van der Waals surface area contributed by atoms with Gasteiger partial charge in [0.1, 0.15) is 12.4 Å². The molecule has 3 heterocycles. The zero-order valence-corrected chi connectivity index (χ0v) is 18.4. The minimum absolute atomic E-state index is 0.0220. The molecule has 4 rings (SSSR count). The molecule has 1 saturated heterocycles. The lowest BCUT2D eigenvalue weighted by Gasteiger charge is -2.35. The predicted octanol–water partition coefficient (Wildman–Crippen LogP) is 1.74. The molecule has 0 spiro atoms. The molecule has 9 heteroatoms. The van der Waals surface area contributed by atoms with E-state index >= 15 is 0 Å². The quantitative estimate of drug-likeness (QED) is 0.779. The number of carbonyl (C=O) groups excluding carboxylic acids is 1. The molecule has 1 N–H and O–H groups in total. The van der Waals surface area contributed by atoms with Gasteiger partial charge in [-0.2, -0.15) is 4.98 Å². The first kappa shape index (κ1) is 21.3. The molecule has 1 saturated carbocycles. The standard InChI is InChI=1S/C22H31N7O2/c1-16-13-20(30)29(15-23-16)14-21(31)28-10-8-27(9-11-28)19-12-17(2)24-22(26-19)25-18-6-4-3-5-7-18/h12-13,15,18H,3-11,14H2,1-2H3,(H,24,25,26). The van der Waals surface area contributed by atoms with Crippen molar-refractivity contribution in [1.29, 1.82) is 0 Å². The topological polar surface area (TPSA) is 96.2 Å². The molecule has 1 aliphatic heterocycles. The van der Waals surface area contributed by atoms with Crippen molar-refractivity contribution in [3.05, 3.63) is 40.2 Å². The monoisotopic (exact) mass is 425 g/mol. The normalized spacial score (nSPS) is 17.6. The Morgan fingerprint density at radius 3 is 2.48 bits per heavy atom.